The maximum atomic E-state index is 14.1. The van der Waals surface area contributed by atoms with Crippen molar-refractivity contribution in [3.63, 3.8) is 0 Å². The van der Waals surface area contributed by atoms with Gasteiger partial charge in [-0.2, -0.15) is 11.8 Å². The van der Waals surface area contributed by atoms with E-state index < -0.39 is 20.7 Å². The Morgan fingerprint density at radius 3 is 2.71 bits per heavy atom. The van der Waals surface area contributed by atoms with E-state index in [1.165, 1.54) is 6.07 Å². The van der Waals surface area contributed by atoms with Gasteiger partial charge in [0.15, 0.2) is 5.82 Å². The third kappa shape index (κ3) is 3.91. The maximum absolute atomic E-state index is 14.1. The molecule has 1 fully saturated rings. The van der Waals surface area contributed by atoms with E-state index in [4.69, 9.17) is 5.73 Å². The summed E-state index contributed by atoms with van der Waals surface area (Å²) in [4.78, 5) is -0.403. The number of hydrogen-bond donors (Lipinski definition) is 2. The molecule has 0 amide bonds. The number of nitrogens with one attached hydrogen (secondary N) is 1. The highest BCUT2D eigenvalue weighted by molar-refractivity contribution is 9.10. The van der Waals surface area contributed by atoms with Crippen LogP contribution in [0.3, 0.4) is 0 Å². The van der Waals surface area contributed by atoms with Crippen molar-refractivity contribution in [2.75, 3.05) is 12.0 Å². The quantitative estimate of drug-likeness (QED) is 0.766. The molecule has 0 radical (unpaired) electrons. The minimum absolute atomic E-state index is 0.0490. The number of sulfonamides is 1. The summed E-state index contributed by atoms with van der Waals surface area (Å²) in [5, 5.41) is 0.223. The largest absolute Gasteiger partial charge is 0.399 e. The number of thioether (sulfide) groups is 1. The van der Waals surface area contributed by atoms with E-state index in [2.05, 4.69) is 20.7 Å². The third-order valence-corrected chi connectivity index (χ3v) is 6.85. The number of hydrogen-bond acceptors (Lipinski definition) is 4. The van der Waals surface area contributed by atoms with E-state index in [0.29, 0.717) is 0 Å². The maximum Gasteiger partial charge on any atom is 0.243 e. The van der Waals surface area contributed by atoms with E-state index in [9.17, 15) is 12.8 Å². The fourth-order valence-electron chi connectivity index (χ4n) is 2.56. The first-order valence-corrected chi connectivity index (χ1v) is 10.2. The van der Waals surface area contributed by atoms with E-state index in [1.807, 2.05) is 6.26 Å². The van der Waals surface area contributed by atoms with Gasteiger partial charge in [0, 0.05) is 17.0 Å². The zero-order valence-corrected chi connectivity index (χ0v) is 14.8. The second kappa shape index (κ2) is 6.85. The summed E-state index contributed by atoms with van der Waals surface area (Å²) in [5.41, 5.74) is 5.82. The van der Waals surface area contributed by atoms with Crippen LogP contribution in [0.25, 0.3) is 0 Å². The Morgan fingerprint density at radius 2 is 2.05 bits per heavy atom. The van der Waals surface area contributed by atoms with Crippen LogP contribution in [0, 0.1) is 5.82 Å². The van der Waals surface area contributed by atoms with Crippen LogP contribution in [0.2, 0.25) is 0 Å². The molecular formula is C13H18BrFN2O2S2. The molecule has 2 atom stereocenters. The van der Waals surface area contributed by atoms with Gasteiger partial charge < -0.3 is 5.73 Å². The van der Waals surface area contributed by atoms with Crippen molar-refractivity contribution >= 4 is 43.4 Å². The average molecular weight is 397 g/mol. The van der Waals surface area contributed by atoms with Crippen molar-refractivity contribution in [3.8, 4) is 0 Å². The first-order chi connectivity index (χ1) is 9.85. The van der Waals surface area contributed by atoms with Crippen LogP contribution < -0.4 is 10.5 Å². The lowest BCUT2D eigenvalue weighted by Crippen LogP contribution is -2.43. The van der Waals surface area contributed by atoms with Gasteiger partial charge in [-0.15, -0.1) is 0 Å². The molecule has 0 bridgehead atoms. The van der Waals surface area contributed by atoms with Crippen LogP contribution in [0.4, 0.5) is 10.1 Å². The number of halogens is 2. The fraction of sp³-hybridized carbons (Fsp3) is 0.538. The predicted octanol–water partition coefficient (Wildman–Crippen LogP) is 3.12. The Morgan fingerprint density at radius 1 is 1.38 bits per heavy atom. The van der Waals surface area contributed by atoms with Gasteiger partial charge in [-0.05, 0) is 47.2 Å². The van der Waals surface area contributed by atoms with Crippen LogP contribution in [-0.2, 0) is 10.0 Å². The fourth-order valence-corrected chi connectivity index (χ4v) is 5.63. The van der Waals surface area contributed by atoms with Gasteiger partial charge in [0.1, 0.15) is 4.90 Å². The molecule has 3 N–H and O–H groups in total. The highest BCUT2D eigenvalue weighted by Crippen LogP contribution is 2.30. The Bertz CT molecular complexity index is 625. The van der Waals surface area contributed by atoms with Gasteiger partial charge >= 0.3 is 0 Å². The second-order valence-electron chi connectivity index (χ2n) is 5.10. The summed E-state index contributed by atoms with van der Waals surface area (Å²) < 4.78 is 41.7. The van der Waals surface area contributed by atoms with Gasteiger partial charge in [-0.25, -0.2) is 17.5 Å². The van der Waals surface area contributed by atoms with Crippen LogP contribution in [-0.4, -0.2) is 26.0 Å². The monoisotopic (exact) mass is 396 g/mol. The van der Waals surface area contributed by atoms with Crippen LogP contribution >= 0.6 is 27.7 Å². The van der Waals surface area contributed by atoms with Gasteiger partial charge in [0.2, 0.25) is 10.0 Å². The zero-order valence-electron chi connectivity index (χ0n) is 11.6. The molecule has 4 nitrogen and oxygen atoms in total. The third-order valence-electron chi connectivity index (χ3n) is 3.62. The highest BCUT2D eigenvalue weighted by atomic mass is 79.9. The molecule has 1 aromatic carbocycles. The molecule has 2 rings (SSSR count). The molecule has 0 aromatic heterocycles. The Hall–Kier alpha value is -0.310. The number of anilines is 1. The van der Waals surface area contributed by atoms with Gasteiger partial charge in [0.25, 0.3) is 0 Å². The Kier molecular flexibility index (Phi) is 5.56. The van der Waals surface area contributed by atoms with E-state index in [0.717, 1.165) is 31.7 Å². The summed E-state index contributed by atoms with van der Waals surface area (Å²) in [5.74, 6) is -0.812. The first-order valence-electron chi connectivity index (χ1n) is 6.65. The average Bonchev–Trinajstić information content (AvgIpc) is 2.43. The van der Waals surface area contributed by atoms with E-state index in [-0.39, 0.29) is 21.5 Å². The molecule has 0 aliphatic heterocycles. The summed E-state index contributed by atoms with van der Waals surface area (Å²) in [6.07, 6.45) is 5.79. The first kappa shape index (κ1) is 17.1. The molecule has 8 heteroatoms. The standard InChI is InChI=1S/C13H18BrFN2O2S2/c1-20-11-5-3-2-4-10(11)17-21(18,19)12-7-8(16)6-9(14)13(12)15/h6-7,10-11,17H,2-5,16H2,1H3. The molecule has 1 aromatic rings. The van der Waals surface area contributed by atoms with Crippen molar-refractivity contribution in [2.24, 2.45) is 0 Å². The molecule has 21 heavy (non-hydrogen) atoms. The molecule has 0 saturated heterocycles. The lowest BCUT2D eigenvalue weighted by Gasteiger charge is -2.30. The van der Waals surface area contributed by atoms with Crippen molar-refractivity contribution in [1.29, 1.82) is 0 Å². The molecule has 1 aliphatic rings. The van der Waals surface area contributed by atoms with Crippen LogP contribution in [0.5, 0.6) is 0 Å². The summed E-state index contributed by atoms with van der Waals surface area (Å²) in [7, 11) is -3.93. The van der Waals surface area contributed by atoms with Crippen LogP contribution in [0.1, 0.15) is 25.7 Å². The van der Waals surface area contributed by atoms with Crippen molar-refractivity contribution in [2.45, 2.75) is 41.9 Å². The van der Waals surface area contributed by atoms with Crippen molar-refractivity contribution in [3.05, 3.63) is 22.4 Å². The normalized spacial score (nSPS) is 23.2. The SMILES string of the molecule is CSC1CCCCC1NS(=O)(=O)c1cc(N)cc(Br)c1F. The predicted molar refractivity (Wildman–Crippen MR) is 88.4 cm³/mol. The zero-order chi connectivity index (χ0) is 15.6. The minimum Gasteiger partial charge on any atom is -0.399 e. The Labute approximate surface area is 137 Å². The second-order valence-corrected chi connectivity index (χ2v) is 8.71. The topological polar surface area (TPSA) is 72.2 Å². The molecule has 0 heterocycles. The molecule has 118 valence electrons. The number of rotatable bonds is 4. The Balaban J connectivity index is 2.30. The van der Waals surface area contributed by atoms with Crippen molar-refractivity contribution < 1.29 is 12.8 Å². The summed E-state index contributed by atoms with van der Waals surface area (Å²) in [6.45, 7) is 0. The summed E-state index contributed by atoms with van der Waals surface area (Å²) >= 11 is 4.63. The smallest absolute Gasteiger partial charge is 0.243 e. The molecule has 1 saturated carbocycles. The summed E-state index contributed by atoms with van der Waals surface area (Å²) in [6, 6.07) is 2.33. The highest BCUT2D eigenvalue weighted by Gasteiger charge is 2.30. The van der Waals surface area contributed by atoms with Gasteiger partial charge in [-0.3, -0.25) is 0 Å². The molecule has 0 spiro atoms. The molecule has 2 unspecified atom stereocenters. The van der Waals surface area contributed by atoms with E-state index >= 15 is 0 Å². The number of nitrogens with two attached hydrogens (primary N) is 1. The number of benzene rings is 1. The molecule has 1 aliphatic carbocycles. The number of nitrogen functional groups attached to an aromatic ring is 1. The van der Waals surface area contributed by atoms with Crippen molar-refractivity contribution in [1.82, 2.24) is 4.72 Å². The minimum atomic E-state index is -3.93. The van der Waals surface area contributed by atoms with Gasteiger partial charge in [-0.1, -0.05) is 12.8 Å². The lowest BCUT2D eigenvalue weighted by molar-refractivity contribution is 0.422. The lowest BCUT2D eigenvalue weighted by atomic mass is 9.96. The van der Waals surface area contributed by atoms with Gasteiger partial charge in [0.05, 0.1) is 4.47 Å². The molecular weight excluding hydrogens is 379 g/mol. The van der Waals surface area contributed by atoms with Crippen LogP contribution in [0.15, 0.2) is 21.5 Å². The van der Waals surface area contributed by atoms with E-state index in [1.54, 1.807) is 11.8 Å².